The average molecular weight is 439 g/mol. The summed E-state index contributed by atoms with van der Waals surface area (Å²) in [5.41, 5.74) is 1.33. The van der Waals surface area contributed by atoms with E-state index < -0.39 is 12.1 Å². The predicted molar refractivity (Wildman–Crippen MR) is 117 cm³/mol. The van der Waals surface area contributed by atoms with Crippen molar-refractivity contribution in [2.75, 3.05) is 25.6 Å². The highest BCUT2D eigenvalue weighted by molar-refractivity contribution is 7.15. The van der Waals surface area contributed by atoms with Gasteiger partial charge in [-0.15, -0.1) is 11.3 Å². The lowest BCUT2D eigenvalue weighted by molar-refractivity contribution is 0.0513. The van der Waals surface area contributed by atoms with Crippen LogP contribution in [0.5, 0.6) is 17.2 Å². The summed E-state index contributed by atoms with van der Waals surface area (Å²) in [5.74, 6) is 1.04. The van der Waals surface area contributed by atoms with E-state index in [2.05, 4.69) is 5.32 Å². The van der Waals surface area contributed by atoms with Crippen molar-refractivity contribution in [3.05, 3.63) is 70.6 Å². The SMILES string of the molecule is CCOC(=O)c1c([C@@H]2COc3ccccc3O2)csc1NC(=O)c1ccc(OC)cc1. The Balaban J connectivity index is 1.62. The molecule has 1 atom stereocenters. The molecule has 160 valence electrons. The van der Waals surface area contributed by atoms with Gasteiger partial charge >= 0.3 is 5.97 Å². The zero-order valence-electron chi connectivity index (χ0n) is 17.0. The molecule has 0 unspecified atom stereocenters. The number of methoxy groups -OCH3 is 1. The fourth-order valence-corrected chi connectivity index (χ4v) is 4.19. The maximum absolute atomic E-state index is 12.8. The van der Waals surface area contributed by atoms with Gasteiger partial charge in [0.2, 0.25) is 0 Å². The number of anilines is 1. The number of thiophene rings is 1. The van der Waals surface area contributed by atoms with Gasteiger partial charge in [0.05, 0.1) is 13.7 Å². The van der Waals surface area contributed by atoms with E-state index >= 15 is 0 Å². The number of ether oxygens (including phenoxy) is 4. The van der Waals surface area contributed by atoms with Crippen molar-refractivity contribution >= 4 is 28.2 Å². The minimum Gasteiger partial charge on any atom is -0.497 e. The van der Waals surface area contributed by atoms with Gasteiger partial charge in [0.25, 0.3) is 5.91 Å². The number of hydrogen-bond donors (Lipinski definition) is 1. The normalized spacial score (nSPS) is 14.6. The average Bonchev–Trinajstić information content (AvgIpc) is 3.22. The molecule has 3 aromatic rings. The quantitative estimate of drug-likeness (QED) is 0.561. The summed E-state index contributed by atoms with van der Waals surface area (Å²) in [4.78, 5) is 25.5. The van der Waals surface area contributed by atoms with Crippen LogP contribution in [0.25, 0.3) is 0 Å². The van der Waals surface area contributed by atoms with E-state index in [-0.39, 0.29) is 24.7 Å². The van der Waals surface area contributed by atoms with Crippen LogP contribution in [0.3, 0.4) is 0 Å². The molecule has 8 heteroatoms. The van der Waals surface area contributed by atoms with Gasteiger partial charge in [0.15, 0.2) is 17.6 Å². The first-order valence-corrected chi connectivity index (χ1v) is 10.6. The van der Waals surface area contributed by atoms with Crippen molar-refractivity contribution in [2.24, 2.45) is 0 Å². The third-order valence-electron chi connectivity index (χ3n) is 4.73. The molecule has 0 saturated carbocycles. The molecule has 2 heterocycles. The van der Waals surface area contributed by atoms with Crippen LogP contribution >= 0.6 is 11.3 Å². The number of para-hydroxylation sites is 2. The highest BCUT2D eigenvalue weighted by Crippen LogP contribution is 2.40. The molecule has 1 aromatic heterocycles. The first kappa shape index (κ1) is 20.7. The van der Waals surface area contributed by atoms with Crippen molar-refractivity contribution < 1.29 is 28.5 Å². The monoisotopic (exact) mass is 439 g/mol. The van der Waals surface area contributed by atoms with E-state index in [1.165, 1.54) is 11.3 Å². The van der Waals surface area contributed by atoms with Crippen molar-refractivity contribution in [3.8, 4) is 17.2 Å². The molecule has 0 bridgehead atoms. The smallest absolute Gasteiger partial charge is 0.341 e. The molecule has 0 spiro atoms. The molecule has 1 aliphatic rings. The second-order valence-corrected chi connectivity index (χ2v) is 7.54. The summed E-state index contributed by atoms with van der Waals surface area (Å²) in [6.45, 7) is 2.19. The molecule has 31 heavy (non-hydrogen) atoms. The Bertz CT molecular complexity index is 1090. The van der Waals surface area contributed by atoms with Gasteiger partial charge in [0, 0.05) is 16.5 Å². The second-order valence-electron chi connectivity index (χ2n) is 6.66. The lowest BCUT2D eigenvalue weighted by atomic mass is 10.1. The maximum Gasteiger partial charge on any atom is 0.341 e. The number of fused-ring (bicyclic) bond motifs is 1. The van der Waals surface area contributed by atoms with Crippen LogP contribution in [0.2, 0.25) is 0 Å². The Hall–Kier alpha value is -3.52. The van der Waals surface area contributed by atoms with E-state index in [1.807, 2.05) is 24.3 Å². The van der Waals surface area contributed by atoms with Crippen LogP contribution in [-0.2, 0) is 4.74 Å². The van der Waals surface area contributed by atoms with Crippen molar-refractivity contribution in [1.82, 2.24) is 0 Å². The number of benzene rings is 2. The van der Waals surface area contributed by atoms with Crippen LogP contribution in [0.1, 0.15) is 39.3 Å². The molecule has 2 aromatic carbocycles. The van der Waals surface area contributed by atoms with Crippen molar-refractivity contribution in [3.63, 3.8) is 0 Å². The number of rotatable bonds is 6. The van der Waals surface area contributed by atoms with E-state index in [1.54, 1.807) is 43.7 Å². The lowest BCUT2D eigenvalue weighted by Gasteiger charge is -2.26. The molecule has 0 aliphatic carbocycles. The number of carbonyl (C=O) groups is 2. The van der Waals surface area contributed by atoms with Crippen LogP contribution in [0.4, 0.5) is 5.00 Å². The summed E-state index contributed by atoms with van der Waals surface area (Å²) in [7, 11) is 1.56. The van der Waals surface area contributed by atoms with Crippen LogP contribution in [0, 0.1) is 0 Å². The van der Waals surface area contributed by atoms with Gasteiger partial charge in [-0.3, -0.25) is 4.79 Å². The van der Waals surface area contributed by atoms with Crippen LogP contribution in [-0.4, -0.2) is 32.2 Å². The summed E-state index contributed by atoms with van der Waals surface area (Å²) in [6, 6.07) is 14.1. The first-order chi connectivity index (χ1) is 15.1. The Kier molecular flexibility index (Phi) is 6.08. The third kappa shape index (κ3) is 4.34. The minimum atomic E-state index is -0.522. The molecule has 7 nitrogen and oxygen atoms in total. The number of esters is 1. The lowest BCUT2D eigenvalue weighted by Crippen LogP contribution is -2.24. The Labute approximate surface area is 183 Å². The molecular formula is C23H21NO6S. The molecule has 1 N–H and O–H groups in total. The fraction of sp³-hybridized carbons (Fsp3) is 0.217. The molecule has 0 saturated heterocycles. The van der Waals surface area contributed by atoms with Gasteiger partial charge in [0.1, 0.15) is 22.9 Å². The van der Waals surface area contributed by atoms with E-state index in [0.717, 1.165) is 0 Å². The van der Waals surface area contributed by atoms with Gasteiger partial charge < -0.3 is 24.3 Å². The largest absolute Gasteiger partial charge is 0.497 e. The summed E-state index contributed by atoms with van der Waals surface area (Å²) >= 11 is 1.24. The van der Waals surface area contributed by atoms with Crippen LogP contribution < -0.4 is 19.5 Å². The van der Waals surface area contributed by atoms with Crippen molar-refractivity contribution in [2.45, 2.75) is 13.0 Å². The van der Waals surface area contributed by atoms with Gasteiger partial charge in [-0.05, 0) is 43.3 Å². The zero-order chi connectivity index (χ0) is 21.8. The van der Waals surface area contributed by atoms with Crippen LogP contribution in [0.15, 0.2) is 53.9 Å². The number of nitrogens with one attached hydrogen (secondary N) is 1. The minimum absolute atomic E-state index is 0.213. The standard InChI is InChI=1S/C23H21NO6S/c1-3-28-23(26)20-16(19-12-29-17-6-4-5-7-18(17)30-19)13-31-22(20)24-21(25)14-8-10-15(27-2)11-9-14/h4-11,13,19H,3,12H2,1-2H3,(H,24,25)/t19-/m0/s1. The third-order valence-corrected chi connectivity index (χ3v) is 5.65. The van der Waals surface area contributed by atoms with E-state index in [9.17, 15) is 9.59 Å². The van der Waals surface area contributed by atoms with E-state index in [0.29, 0.717) is 33.4 Å². The zero-order valence-corrected chi connectivity index (χ0v) is 17.9. The molecule has 1 aliphatic heterocycles. The molecule has 4 rings (SSSR count). The molecule has 0 radical (unpaired) electrons. The Morgan fingerprint density at radius 1 is 1.13 bits per heavy atom. The fourth-order valence-electron chi connectivity index (χ4n) is 3.20. The Morgan fingerprint density at radius 3 is 2.58 bits per heavy atom. The molecule has 1 amide bonds. The second kappa shape index (κ2) is 9.09. The highest BCUT2D eigenvalue weighted by atomic mass is 32.1. The molecular weight excluding hydrogens is 418 g/mol. The number of amides is 1. The highest BCUT2D eigenvalue weighted by Gasteiger charge is 2.31. The summed E-state index contributed by atoms with van der Waals surface area (Å²) in [6.07, 6.45) is -0.503. The number of carbonyl (C=O) groups excluding carboxylic acids is 2. The Morgan fingerprint density at radius 2 is 1.87 bits per heavy atom. The predicted octanol–water partition coefficient (Wildman–Crippen LogP) is 4.70. The van der Waals surface area contributed by atoms with Gasteiger partial charge in [-0.25, -0.2) is 4.79 Å². The van der Waals surface area contributed by atoms with Crippen molar-refractivity contribution in [1.29, 1.82) is 0 Å². The first-order valence-electron chi connectivity index (χ1n) is 9.73. The van der Waals surface area contributed by atoms with E-state index in [4.69, 9.17) is 18.9 Å². The summed E-state index contributed by atoms with van der Waals surface area (Å²) < 4.78 is 22.2. The van der Waals surface area contributed by atoms with Gasteiger partial charge in [-0.1, -0.05) is 12.1 Å². The number of hydrogen-bond acceptors (Lipinski definition) is 7. The topological polar surface area (TPSA) is 83.1 Å². The summed E-state index contributed by atoms with van der Waals surface area (Å²) in [5, 5.41) is 5.01. The maximum atomic E-state index is 12.8. The van der Waals surface area contributed by atoms with Gasteiger partial charge in [-0.2, -0.15) is 0 Å². The molecule has 0 fully saturated rings.